The lowest BCUT2D eigenvalue weighted by atomic mass is 10.0. The summed E-state index contributed by atoms with van der Waals surface area (Å²) in [6.07, 6.45) is -7.84. The van der Waals surface area contributed by atoms with Gasteiger partial charge < -0.3 is 63.4 Å². The Morgan fingerprint density at radius 1 is 0.711 bits per heavy atom. The molecular weight excluding hydrogens is 635 g/mol. The molecule has 4 atom stereocenters. The summed E-state index contributed by atoms with van der Waals surface area (Å²) in [5.74, 6) is -1.06. The molecule has 45 heavy (non-hydrogen) atoms. The van der Waals surface area contributed by atoms with Gasteiger partial charge in [0, 0.05) is 36.2 Å². The number of aliphatic carboxylic acids is 1. The lowest BCUT2D eigenvalue weighted by Gasteiger charge is -2.35. The highest BCUT2D eigenvalue weighted by atomic mass is 35.5. The van der Waals surface area contributed by atoms with Gasteiger partial charge in [0.05, 0.1) is 18.0 Å². The quantitative estimate of drug-likeness (QED) is 0.117. The Hall–Kier alpha value is -4.23. The Kier molecular flexibility index (Phi) is 14.7. The number of guanidine groups is 4. The predicted octanol–water partition coefficient (Wildman–Crippen LogP) is -1.66. The standard InChI is InChI=1S/C20H24Cl2N10.C6H12O7/c21-13-1-5-15(6-2-13)27-17(23)29-19(25)31-9-11-32(12-10-31)20(26)30-18(24)28-16-7-3-14(22)4-8-16;7-1-2(8)3(9)4(10)5(11)6(12)13/h1-8H,9-12H2,(H4,23,25,27,29)(H4,24,26,28,30);2-5,7-11H,1H2,(H,12,13)/t;2-,3-,4+,5-/m.1/s1. The summed E-state index contributed by atoms with van der Waals surface area (Å²) >= 11 is 11.7. The minimum absolute atomic E-state index is 0.0551. The Bertz CT molecular complexity index is 1280. The van der Waals surface area contributed by atoms with Crippen LogP contribution in [0.15, 0.2) is 68.5 Å². The Labute approximate surface area is 268 Å². The predicted molar refractivity (Wildman–Crippen MR) is 171 cm³/mol. The number of nitrogens with zero attached hydrogens (tertiary/aromatic N) is 6. The van der Waals surface area contributed by atoms with Crippen LogP contribution in [-0.4, -0.2) is 127 Å². The number of benzene rings is 2. The minimum Gasteiger partial charge on any atom is -0.479 e. The number of hydrogen-bond donors (Lipinski definition) is 10. The maximum Gasteiger partial charge on any atom is 0.335 e. The molecule has 19 heteroatoms. The zero-order valence-electron chi connectivity index (χ0n) is 23.8. The number of hydrogen-bond acceptors (Lipinski definition) is 8. The largest absolute Gasteiger partial charge is 0.479 e. The van der Waals surface area contributed by atoms with Gasteiger partial charge in [-0.1, -0.05) is 23.2 Å². The van der Waals surface area contributed by atoms with Gasteiger partial charge >= 0.3 is 5.97 Å². The topological polar surface area (TPSA) is 298 Å². The van der Waals surface area contributed by atoms with Crippen LogP contribution in [0.5, 0.6) is 0 Å². The molecule has 14 N–H and O–H groups in total. The van der Waals surface area contributed by atoms with Crippen molar-refractivity contribution in [1.29, 1.82) is 0 Å². The number of piperazine rings is 1. The first kappa shape index (κ1) is 37.0. The fourth-order valence-corrected chi connectivity index (χ4v) is 3.81. The number of carbonyl (C=O) groups is 1. The SMILES string of the molecule is NC(=Nc1ccc(Cl)cc1)/N=C(\N)N1CCN(/C(N)=N/C(N)=Nc2ccc(Cl)cc2)CC1.O=C(O)[C@H](O)[C@@H](O)[C@H](O)[C@H](O)CO. The van der Waals surface area contributed by atoms with Crippen molar-refractivity contribution in [2.75, 3.05) is 32.8 Å². The smallest absolute Gasteiger partial charge is 0.335 e. The van der Waals surface area contributed by atoms with Crippen molar-refractivity contribution in [2.24, 2.45) is 42.9 Å². The lowest BCUT2D eigenvalue weighted by Crippen LogP contribution is -2.54. The van der Waals surface area contributed by atoms with Crippen LogP contribution >= 0.6 is 23.2 Å². The third-order valence-electron chi connectivity index (χ3n) is 6.03. The van der Waals surface area contributed by atoms with Gasteiger partial charge in [0.2, 0.25) is 11.9 Å². The van der Waals surface area contributed by atoms with Crippen LogP contribution in [0.1, 0.15) is 0 Å². The zero-order valence-corrected chi connectivity index (χ0v) is 25.3. The van der Waals surface area contributed by atoms with Gasteiger partial charge in [-0.3, -0.25) is 0 Å². The third-order valence-corrected chi connectivity index (χ3v) is 6.54. The minimum atomic E-state index is -2.20. The number of carboxylic acids is 1. The van der Waals surface area contributed by atoms with E-state index in [4.69, 9.17) is 76.8 Å². The van der Waals surface area contributed by atoms with Crippen LogP contribution in [0.25, 0.3) is 0 Å². The maximum atomic E-state index is 10.1. The number of carboxylic acid groups (broad SMARTS) is 1. The molecule has 1 fully saturated rings. The molecule has 2 aromatic carbocycles. The van der Waals surface area contributed by atoms with E-state index in [9.17, 15) is 4.79 Å². The average Bonchev–Trinajstić information content (AvgIpc) is 3.01. The van der Waals surface area contributed by atoms with Crippen LogP contribution in [0.4, 0.5) is 11.4 Å². The molecule has 3 rings (SSSR count). The van der Waals surface area contributed by atoms with Gasteiger partial charge in [-0.25, -0.2) is 14.8 Å². The number of halogens is 2. The Balaban J connectivity index is 0.000000459. The number of aliphatic hydroxyl groups is 5. The van der Waals surface area contributed by atoms with Crippen molar-refractivity contribution < 1.29 is 35.4 Å². The first-order valence-electron chi connectivity index (χ1n) is 13.2. The molecular formula is C26H36Cl2N10O7. The molecule has 1 aliphatic heterocycles. The fourth-order valence-electron chi connectivity index (χ4n) is 3.56. The molecule has 1 saturated heterocycles. The van der Waals surface area contributed by atoms with Crippen molar-refractivity contribution in [3.05, 3.63) is 58.6 Å². The molecule has 0 spiro atoms. The molecule has 246 valence electrons. The summed E-state index contributed by atoms with van der Waals surface area (Å²) in [7, 11) is 0. The van der Waals surface area contributed by atoms with E-state index in [0.717, 1.165) is 0 Å². The average molecular weight is 672 g/mol. The monoisotopic (exact) mass is 670 g/mol. The lowest BCUT2D eigenvalue weighted by molar-refractivity contribution is -0.164. The van der Waals surface area contributed by atoms with Crippen LogP contribution in [-0.2, 0) is 4.79 Å². The Morgan fingerprint density at radius 3 is 1.38 bits per heavy atom. The van der Waals surface area contributed by atoms with Gasteiger partial charge in [0.1, 0.15) is 18.3 Å². The summed E-state index contributed by atoms with van der Waals surface area (Å²) < 4.78 is 0. The normalized spacial score (nSPS) is 17.6. The highest BCUT2D eigenvalue weighted by molar-refractivity contribution is 6.30. The number of rotatable bonds is 7. The van der Waals surface area contributed by atoms with E-state index in [1.165, 1.54) is 0 Å². The molecule has 0 bridgehead atoms. The van der Waals surface area contributed by atoms with Gasteiger partial charge in [-0.15, -0.1) is 0 Å². The number of nitrogens with two attached hydrogens (primary N) is 4. The second-order valence-corrected chi connectivity index (χ2v) is 10.2. The molecule has 0 amide bonds. The second-order valence-electron chi connectivity index (χ2n) is 9.32. The van der Waals surface area contributed by atoms with Crippen molar-refractivity contribution in [3.63, 3.8) is 0 Å². The molecule has 0 aliphatic carbocycles. The molecule has 2 aromatic rings. The zero-order chi connectivity index (χ0) is 33.7. The van der Waals surface area contributed by atoms with Crippen molar-refractivity contribution in [3.8, 4) is 0 Å². The summed E-state index contributed by atoms with van der Waals surface area (Å²) in [5, 5.41) is 53.0. The maximum absolute atomic E-state index is 10.1. The molecule has 0 unspecified atom stereocenters. The van der Waals surface area contributed by atoms with Crippen molar-refractivity contribution in [1.82, 2.24) is 9.80 Å². The number of aliphatic imine (C=N–C) groups is 4. The third kappa shape index (κ3) is 12.4. The van der Waals surface area contributed by atoms with Crippen LogP contribution < -0.4 is 22.9 Å². The second kappa shape index (κ2) is 17.9. The van der Waals surface area contributed by atoms with Crippen molar-refractivity contribution >= 4 is 64.4 Å². The molecule has 1 heterocycles. The highest BCUT2D eigenvalue weighted by Crippen LogP contribution is 2.17. The Morgan fingerprint density at radius 2 is 1.07 bits per heavy atom. The number of aliphatic hydroxyl groups excluding tert-OH is 5. The van der Waals surface area contributed by atoms with Gasteiger partial charge in [-0.05, 0) is 48.5 Å². The highest BCUT2D eigenvalue weighted by Gasteiger charge is 2.33. The van der Waals surface area contributed by atoms with E-state index >= 15 is 0 Å². The van der Waals surface area contributed by atoms with Gasteiger partial charge in [0.15, 0.2) is 18.0 Å². The van der Waals surface area contributed by atoms with Gasteiger partial charge in [0.25, 0.3) is 0 Å². The first-order valence-corrected chi connectivity index (χ1v) is 13.9. The summed E-state index contributed by atoms with van der Waals surface area (Å²) in [6.45, 7) is 1.47. The van der Waals surface area contributed by atoms with Crippen LogP contribution in [0.2, 0.25) is 10.0 Å². The molecule has 1 aliphatic rings. The summed E-state index contributed by atoms with van der Waals surface area (Å²) in [4.78, 5) is 30.6. The molecule has 0 aromatic heterocycles. The van der Waals surface area contributed by atoms with E-state index in [-0.39, 0.29) is 23.8 Å². The van der Waals surface area contributed by atoms with E-state index in [0.29, 0.717) is 47.6 Å². The summed E-state index contributed by atoms with van der Waals surface area (Å²) in [5.41, 5.74) is 25.2. The van der Waals surface area contributed by atoms with Crippen molar-refractivity contribution in [2.45, 2.75) is 24.4 Å². The molecule has 0 saturated carbocycles. The molecule has 0 radical (unpaired) electrons. The first-order chi connectivity index (χ1) is 21.2. The van der Waals surface area contributed by atoms with E-state index in [2.05, 4.69) is 20.0 Å². The van der Waals surface area contributed by atoms with E-state index < -0.39 is 37.0 Å². The van der Waals surface area contributed by atoms with E-state index in [1.807, 2.05) is 9.80 Å². The van der Waals surface area contributed by atoms with Crippen LogP contribution in [0, 0.1) is 0 Å². The summed E-state index contributed by atoms with van der Waals surface area (Å²) in [6, 6.07) is 13.8. The van der Waals surface area contributed by atoms with E-state index in [1.54, 1.807) is 48.5 Å². The van der Waals surface area contributed by atoms with Gasteiger partial charge in [-0.2, -0.15) is 9.98 Å². The van der Waals surface area contributed by atoms with Crippen LogP contribution in [0.3, 0.4) is 0 Å². The molecule has 17 nitrogen and oxygen atoms in total. The fraction of sp³-hybridized carbons (Fsp3) is 0.346.